The number of benzene rings is 1. The van der Waals surface area contributed by atoms with Gasteiger partial charge in [-0.05, 0) is 35.9 Å². The molecule has 0 amide bonds. The van der Waals surface area contributed by atoms with Crippen LogP contribution < -0.4 is 11.1 Å². The minimum Gasteiger partial charge on any atom is -0.508 e. The summed E-state index contributed by atoms with van der Waals surface area (Å²) >= 11 is 1.57. The lowest BCUT2D eigenvalue weighted by Crippen LogP contribution is -2.05. The number of hydrogen-bond acceptors (Lipinski definition) is 5. The third-order valence-corrected chi connectivity index (χ3v) is 4.23. The van der Waals surface area contributed by atoms with E-state index in [9.17, 15) is 5.11 Å². The van der Waals surface area contributed by atoms with Crippen LogP contribution in [0.2, 0.25) is 0 Å². The van der Waals surface area contributed by atoms with Crippen molar-refractivity contribution in [1.29, 1.82) is 0 Å². The van der Waals surface area contributed by atoms with E-state index in [-0.39, 0.29) is 5.75 Å². The summed E-state index contributed by atoms with van der Waals surface area (Å²) in [4.78, 5) is 4.61. The van der Waals surface area contributed by atoms with Crippen LogP contribution in [0.5, 0.6) is 5.75 Å². The number of aromatic nitrogens is 1. The van der Waals surface area contributed by atoms with Gasteiger partial charge in [0.25, 0.3) is 0 Å². The van der Waals surface area contributed by atoms with Crippen molar-refractivity contribution in [3.8, 4) is 5.75 Å². The van der Waals surface area contributed by atoms with Crippen LogP contribution in [0.15, 0.2) is 47.8 Å². The van der Waals surface area contributed by atoms with Gasteiger partial charge in [-0.15, -0.1) is 11.3 Å². The summed E-state index contributed by atoms with van der Waals surface area (Å²) in [6.07, 6.45) is 6.65. The van der Waals surface area contributed by atoms with Crippen molar-refractivity contribution >= 4 is 27.1 Å². The molecule has 0 radical (unpaired) electrons. The standard InChI is InChI=1S/C15H15N3OS/c1-17-11-3-2-9(6-10(16)7-11)15-18-13-5-4-12(19)8-14(13)20-15/h2-5,7-8,17,19H,6,16H2,1H3. The molecule has 0 bridgehead atoms. The Morgan fingerprint density at radius 3 is 3.00 bits per heavy atom. The molecule has 1 aromatic heterocycles. The van der Waals surface area contributed by atoms with Crippen molar-refractivity contribution in [2.75, 3.05) is 7.05 Å². The molecule has 1 heterocycles. The van der Waals surface area contributed by atoms with Gasteiger partial charge in [0.2, 0.25) is 0 Å². The Hall–Kier alpha value is -2.27. The van der Waals surface area contributed by atoms with E-state index in [2.05, 4.69) is 10.3 Å². The third kappa shape index (κ3) is 2.40. The predicted molar refractivity (Wildman–Crippen MR) is 83.3 cm³/mol. The first-order valence-electron chi connectivity index (χ1n) is 6.30. The topological polar surface area (TPSA) is 71.2 Å². The SMILES string of the molecule is CNC1=CC=C(c2nc3ccc(O)cc3s2)CC(N)=C1. The Labute approximate surface area is 121 Å². The van der Waals surface area contributed by atoms with Crippen LogP contribution in [-0.2, 0) is 0 Å². The van der Waals surface area contributed by atoms with Crippen LogP contribution >= 0.6 is 11.3 Å². The maximum Gasteiger partial charge on any atom is 0.120 e. The van der Waals surface area contributed by atoms with Crippen LogP contribution in [-0.4, -0.2) is 17.1 Å². The number of phenols is 1. The van der Waals surface area contributed by atoms with E-state index in [1.165, 1.54) is 0 Å². The number of hydrogen-bond donors (Lipinski definition) is 3. The smallest absolute Gasteiger partial charge is 0.120 e. The second kappa shape index (κ2) is 5.02. The number of phenolic OH excluding ortho intramolecular Hbond substituents is 1. The van der Waals surface area contributed by atoms with Crippen LogP contribution in [0.4, 0.5) is 0 Å². The zero-order valence-corrected chi connectivity index (χ0v) is 11.9. The van der Waals surface area contributed by atoms with E-state index in [0.29, 0.717) is 6.42 Å². The Morgan fingerprint density at radius 2 is 2.20 bits per heavy atom. The van der Waals surface area contributed by atoms with Crippen molar-refractivity contribution in [2.45, 2.75) is 6.42 Å². The van der Waals surface area contributed by atoms with Crippen molar-refractivity contribution in [2.24, 2.45) is 5.73 Å². The lowest BCUT2D eigenvalue weighted by molar-refractivity contribution is 0.476. The molecule has 0 atom stereocenters. The van der Waals surface area contributed by atoms with E-state index in [0.717, 1.165) is 32.2 Å². The fourth-order valence-corrected chi connectivity index (χ4v) is 3.14. The molecular formula is C15H15N3OS. The van der Waals surface area contributed by atoms with Gasteiger partial charge >= 0.3 is 0 Å². The van der Waals surface area contributed by atoms with Gasteiger partial charge in [0, 0.05) is 24.9 Å². The fourth-order valence-electron chi connectivity index (χ4n) is 2.12. The Morgan fingerprint density at radius 1 is 1.35 bits per heavy atom. The Balaban J connectivity index is 2.04. The summed E-state index contributed by atoms with van der Waals surface area (Å²) in [6, 6.07) is 5.22. The van der Waals surface area contributed by atoms with Crippen molar-refractivity contribution in [3.05, 3.63) is 52.8 Å². The third-order valence-electron chi connectivity index (χ3n) is 3.13. The van der Waals surface area contributed by atoms with E-state index >= 15 is 0 Å². The Bertz CT molecular complexity index is 756. The predicted octanol–water partition coefficient (Wildman–Crippen LogP) is 2.73. The molecule has 0 fully saturated rings. The molecule has 0 unspecified atom stereocenters. The lowest BCUT2D eigenvalue weighted by atomic mass is 10.1. The van der Waals surface area contributed by atoms with Gasteiger partial charge in [0.1, 0.15) is 10.8 Å². The van der Waals surface area contributed by atoms with Gasteiger partial charge < -0.3 is 16.2 Å². The summed E-state index contributed by atoms with van der Waals surface area (Å²) in [7, 11) is 1.87. The van der Waals surface area contributed by atoms with Gasteiger partial charge in [-0.3, -0.25) is 0 Å². The first-order chi connectivity index (χ1) is 9.65. The van der Waals surface area contributed by atoms with Gasteiger partial charge in [-0.25, -0.2) is 4.98 Å². The number of nitrogens with one attached hydrogen (secondary N) is 1. The number of nitrogens with two attached hydrogens (primary N) is 1. The highest BCUT2D eigenvalue weighted by Gasteiger charge is 2.12. The summed E-state index contributed by atoms with van der Waals surface area (Å²) in [5, 5.41) is 13.6. The molecule has 5 heteroatoms. The van der Waals surface area contributed by atoms with Crippen molar-refractivity contribution in [3.63, 3.8) is 0 Å². The van der Waals surface area contributed by atoms with Crippen molar-refractivity contribution < 1.29 is 5.11 Å². The molecule has 1 aliphatic carbocycles. The zero-order chi connectivity index (χ0) is 14.1. The highest BCUT2D eigenvalue weighted by molar-refractivity contribution is 7.19. The molecule has 0 saturated heterocycles. The zero-order valence-electron chi connectivity index (χ0n) is 11.1. The van der Waals surface area contributed by atoms with Crippen LogP contribution in [0.25, 0.3) is 15.8 Å². The summed E-state index contributed by atoms with van der Waals surface area (Å²) in [6.45, 7) is 0. The average molecular weight is 285 g/mol. The van der Waals surface area contributed by atoms with E-state index < -0.39 is 0 Å². The van der Waals surface area contributed by atoms with Crippen LogP contribution in [0, 0.1) is 0 Å². The molecular weight excluding hydrogens is 270 g/mol. The monoisotopic (exact) mass is 285 g/mol. The minimum atomic E-state index is 0.263. The Kier molecular flexibility index (Phi) is 3.20. The highest BCUT2D eigenvalue weighted by Crippen LogP contribution is 2.32. The first-order valence-corrected chi connectivity index (χ1v) is 7.12. The van der Waals surface area contributed by atoms with Gasteiger partial charge in [0.15, 0.2) is 0 Å². The van der Waals surface area contributed by atoms with Crippen LogP contribution in [0.1, 0.15) is 11.4 Å². The second-order valence-corrected chi connectivity index (χ2v) is 5.66. The number of allylic oxidation sites excluding steroid dienone is 4. The fraction of sp³-hybridized carbons (Fsp3) is 0.133. The minimum absolute atomic E-state index is 0.263. The van der Waals surface area contributed by atoms with E-state index in [1.807, 2.05) is 31.3 Å². The van der Waals surface area contributed by atoms with Crippen LogP contribution in [0.3, 0.4) is 0 Å². The maximum atomic E-state index is 9.52. The molecule has 4 nitrogen and oxygen atoms in total. The summed E-state index contributed by atoms with van der Waals surface area (Å²) in [5.41, 5.74) is 9.79. The molecule has 0 saturated carbocycles. The molecule has 0 spiro atoms. The molecule has 0 aliphatic heterocycles. The largest absolute Gasteiger partial charge is 0.508 e. The number of fused-ring (bicyclic) bond motifs is 1. The lowest BCUT2D eigenvalue weighted by Gasteiger charge is -2.02. The number of aromatic hydroxyl groups is 1. The molecule has 4 N–H and O–H groups in total. The molecule has 102 valence electrons. The first kappa shape index (κ1) is 12.7. The number of rotatable bonds is 2. The van der Waals surface area contributed by atoms with Gasteiger partial charge in [-0.2, -0.15) is 0 Å². The molecule has 1 aliphatic rings. The molecule has 2 aromatic rings. The quantitative estimate of drug-likeness (QED) is 0.793. The average Bonchev–Trinajstić information content (AvgIpc) is 2.74. The van der Waals surface area contributed by atoms with Crippen molar-refractivity contribution in [1.82, 2.24) is 10.3 Å². The normalized spacial score (nSPS) is 15.3. The molecule has 20 heavy (non-hydrogen) atoms. The molecule has 3 rings (SSSR count). The van der Waals surface area contributed by atoms with E-state index in [1.54, 1.807) is 23.5 Å². The van der Waals surface area contributed by atoms with Gasteiger partial charge in [-0.1, -0.05) is 6.08 Å². The second-order valence-electron chi connectivity index (χ2n) is 4.63. The summed E-state index contributed by atoms with van der Waals surface area (Å²) in [5.74, 6) is 0.263. The number of likely N-dealkylation sites (N-methyl/N-ethyl adjacent to an activating group) is 1. The maximum absolute atomic E-state index is 9.52. The van der Waals surface area contributed by atoms with E-state index in [4.69, 9.17) is 5.73 Å². The summed E-state index contributed by atoms with van der Waals surface area (Å²) < 4.78 is 0.977. The van der Waals surface area contributed by atoms with Gasteiger partial charge in [0.05, 0.1) is 10.2 Å². The highest BCUT2D eigenvalue weighted by atomic mass is 32.1. The number of thiazole rings is 1. The molecule has 1 aromatic carbocycles. The number of nitrogens with zero attached hydrogens (tertiary/aromatic N) is 1.